The first-order valence-electron chi connectivity index (χ1n) is 6.22. The molecule has 2 N–H and O–H groups in total. The number of carbonyl (C=O) groups excluding carboxylic acids is 1. The summed E-state index contributed by atoms with van der Waals surface area (Å²) in [6.07, 6.45) is 0. The van der Waals surface area contributed by atoms with Gasteiger partial charge in [-0.3, -0.25) is 9.69 Å². The third-order valence-electron chi connectivity index (χ3n) is 3.15. The molecule has 2 rings (SSSR count). The molecule has 0 saturated carbocycles. The van der Waals surface area contributed by atoms with Crippen LogP contribution in [0.4, 0.5) is 4.39 Å². The van der Waals surface area contributed by atoms with Gasteiger partial charge in [-0.15, -0.1) is 0 Å². The zero-order valence-corrected chi connectivity index (χ0v) is 13.2. The lowest BCUT2D eigenvalue weighted by Gasteiger charge is -2.34. The maximum Gasteiger partial charge on any atom is 0.254 e. The summed E-state index contributed by atoms with van der Waals surface area (Å²) in [6.45, 7) is 3.20. The number of thiocarbonyl (C=S) groups is 1. The number of nitrogens with zero attached hydrogens (tertiary/aromatic N) is 2. The van der Waals surface area contributed by atoms with Crippen LogP contribution in [0, 0.1) is 5.82 Å². The minimum Gasteiger partial charge on any atom is -0.392 e. The van der Waals surface area contributed by atoms with Crippen molar-refractivity contribution in [2.24, 2.45) is 5.73 Å². The third kappa shape index (κ3) is 3.97. The lowest BCUT2D eigenvalue weighted by molar-refractivity contribution is 0.0654. The van der Waals surface area contributed by atoms with Gasteiger partial charge in [0, 0.05) is 42.8 Å². The molecule has 0 radical (unpaired) electrons. The highest BCUT2D eigenvalue weighted by Crippen LogP contribution is 2.17. The minimum atomic E-state index is -0.421. The number of piperazine rings is 1. The summed E-state index contributed by atoms with van der Waals surface area (Å²) in [5, 5.41) is 0. The van der Waals surface area contributed by atoms with Crippen molar-refractivity contribution in [1.29, 1.82) is 0 Å². The van der Waals surface area contributed by atoms with Crippen molar-refractivity contribution in [3.63, 3.8) is 0 Å². The van der Waals surface area contributed by atoms with Gasteiger partial charge < -0.3 is 10.6 Å². The van der Waals surface area contributed by atoms with E-state index in [0.29, 0.717) is 34.7 Å². The smallest absolute Gasteiger partial charge is 0.254 e. The second kappa shape index (κ2) is 6.60. The van der Waals surface area contributed by atoms with E-state index >= 15 is 0 Å². The molecule has 0 aliphatic carbocycles. The van der Waals surface area contributed by atoms with Crippen molar-refractivity contribution < 1.29 is 9.18 Å². The highest BCUT2D eigenvalue weighted by atomic mass is 79.9. The molecule has 1 saturated heterocycles. The van der Waals surface area contributed by atoms with E-state index < -0.39 is 5.82 Å². The van der Waals surface area contributed by atoms with Crippen LogP contribution in [0.15, 0.2) is 22.7 Å². The first-order chi connectivity index (χ1) is 9.45. The molecule has 7 heteroatoms. The van der Waals surface area contributed by atoms with Gasteiger partial charge in [-0.05, 0) is 18.2 Å². The number of hydrogen-bond acceptors (Lipinski definition) is 3. The average molecular weight is 360 g/mol. The fraction of sp³-hybridized carbons (Fsp3) is 0.385. The van der Waals surface area contributed by atoms with E-state index in [4.69, 9.17) is 18.0 Å². The summed E-state index contributed by atoms with van der Waals surface area (Å²) >= 11 is 8.07. The lowest BCUT2D eigenvalue weighted by Crippen LogP contribution is -2.50. The number of nitrogens with two attached hydrogens (primary N) is 1. The summed E-state index contributed by atoms with van der Waals surface area (Å²) in [4.78, 5) is 16.6. The predicted molar refractivity (Wildman–Crippen MR) is 83.2 cm³/mol. The molecule has 1 amide bonds. The molecule has 0 atom stereocenters. The molecule has 1 aromatic rings. The van der Waals surface area contributed by atoms with Crippen LogP contribution in [0.5, 0.6) is 0 Å². The van der Waals surface area contributed by atoms with E-state index in [1.807, 2.05) is 0 Å². The molecule has 1 aliphatic rings. The number of carbonyl (C=O) groups is 1. The summed E-state index contributed by atoms with van der Waals surface area (Å²) in [5.41, 5.74) is 5.87. The van der Waals surface area contributed by atoms with E-state index in [1.54, 1.807) is 11.0 Å². The van der Waals surface area contributed by atoms with E-state index in [1.165, 1.54) is 12.1 Å². The fourth-order valence-corrected chi connectivity index (χ4v) is 2.84. The number of rotatable bonds is 3. The van der Waals surface area contributed by atoms with Crippen LogP contribution in [-0.4, -0.2) is 53.4 Å². The minimum absolute atomic E-state index is 0.153. The van der Waals surface area contributed by atoms with Gasteiger partial charge in [0.1, 0.15) is 5.82 Å². The van der Waals surface area contributed by atoms with Crippen molar-refractivity contribution in [1.82, 2.24) is 9.80 Å². The Bertz CT molecular complexity index is 512. The second-order valence-corrected chi connectivity index (χ2v) is 6.13. The van der Waals surface area contributed by atoms with Crippen LogP contribution in [-0.2, 0) is 0 Å². The molecule has 1 fully saturated rings. The molecule has 0 aromatic heterocycles. The Morgan fingerprint density at radius 1 is 1.30 bits per heavy atom. The number of amides is 1. The summed E-state index contributed by atoms with van der Waals surface area (Å²) in [5.74, 6) is -0.574. The standard InChI is InChI=1S/C13H15BrFN3OS/c14-10-5-9(6-11(15)7-10)13(19)18-3-1-17(2-4-18)8-12(16)20/h5-7H,1-4,8H2,(H2,16,20). The van der Waals surface area contributed by atoms with Gasteiger partial charge in [-0.1, -0.05) is 28.1 Å². The van der Waals surface area contributed by atoms with Gasteiger partial charge >= 0.3 is 0 Å². The van der Waals surface area contributed by atoms with Crippen LogP contribution in [0.2, 0.25) is 0 Å². The summed E-state index contributed by atoms with van der Waals surface area (Å²) in [6, 6.07) is 4.22. The first kappa shape index (κ1) is 15.3. The monoisotopic (exact) mass is 359 g/mol. The Labute approximate surface area is 130 Å². The Hall–Kier alpha value is -1.05. The van der Waals surface area contributed by atoms with Crippen molar-refractivity contribution in [2.75, 3.05) is 32.7 Å². The molecule has 0 bridgehead atoms. The van der Waals surface area contributed by atoms with Crippen molar-refractivity contribution in [3.05, 3.63) is 34.1 Å². The first-order valence-corrected chi connectivity index (χ1v) is 7.42. The van der Waals surface area contributed by atoms with Gasteiger partial charge in [-0.25, -0.2) is 4.39 Å². The van der Waals surface area contributed by atoms with Crippen LogP contribution < -0.4 is 5.73 Å². The maximum absolute atomic E-state index is 13.3. The fourth-order valence-electron chi connectivity index (χ4n) is 2.19. The number of benzene rings is 1. The highest BCUT2D eigenvalue weighted by Gasteiger charge is 2.22. The summed E-state index contributed by atoms with van der Waals surface area (Å²) in [7, 11) is 0. The molecular formula is C13H15BrFN3OS. The van der Waals surface area contributed by atoms with Crippen molar-refractivity contribution in [2.45, 2.75) is 0 Å². The SMILES string of the molecule is NC(=S)CN1CCN(C(=O)c2cc(F)cc(Br)c2)CC1. The Morgan fingerprint density at radius 3 is 2.50 bits per heavy atom. The Balaban J connectivity index is 1.99. The van der Waals surface area contributed by atoms with E-state index in [2.05, 4.69) is 20.8 Å². The molecule has 0 unspecified atom stereocenters. The van der Waals surface area contributed by atoms with Gasteiger partial charge in [0.05, 0.1) is 4.99 Å². The third-order valence-corrected chi connectivity index (χ3v) is 3.74. The molecule has 0 spiro atoms. The quantitative estimate of drug-likeness (QED) is 0.833. The molecule has 4 nitrogen and oxygen atoms in total. The number of hydrogen-bond donors (Lipinski definition) is 1. The predicted octanol–water partition coefficient (Wildman–Crippen LogP) is 1.63. The van der Waals surface area contributed by atoms with Crippen LogP contribution in [0.1, 0.15) is 10.4 Å². The largest absolute Gasteiger partial charge is 0.392 e. The summed E-state index contributed by atoms with van der Waals surface area (Å²) < 4.78 is 13.9. The maximum atomic E-state index is 13.3. The molecule has 1 aliphatic heterocycles. The van der Waals surface area contributed by atoms with E-state index in [-0.39, 0.29) is 5.91 Å². The van der Waals surface area contributed by atoms with Gasteiger partial charge in [0.25, 0.3) is 5.91 Å². The lowest BCUT2D eigenvalue weighted by atomic mass is 10.1. The highest BCUT2D eigenvalue weighted by molar-refractivity contribution is 9.10. The van der Waals surface area contributed by atoms with Gasteiger partial charge in [0.15, 0.2) is 0 Å². The molecule has 1 heterocycles. The van der Waals surface area contributed by atoms with Crippen LogP contribution in [0.3, 0.4) is 0 Å². The molecule has 108 valence electrons. The van der Waals surface area contributed by atoms with Crippen LogP contribution >= 0.6 is 28.1 Å². The number of halogens is 2. The van der Waals surface area contributed by atoms with E-state index in [9.17, 15) is 9.18 Å². The zero-order chi connectivity index (χ0) is 14.7. The van der Waals surface area contributed by atoms with Gasteiger partial charge in [-0.2, -0.15) is 0 Å². The van der Waals surface area contributed by atoms with Crippen molar-refractivity contribution in [3.8, 4) is 0 Å². The Kier molecular flexibility index (Phi) is 5.06. The Morgan fingerprint density at radius 2 is 1.95 bits per heavy atom. The second-order valence-electron chi connectivity index (χ2n) is 4.69. The average Bonchev–Trinajstić information content (AvgIpc) is 2.37. The normalized spacial score (nSPS) is 16.2. The zero-order valence-electron chi connectivity index (χ0n) is 10.8. The molecule has 1 aromatic carbocycles. The van der Waals surface area contributed by atoms with Crippen LogP contribution in [0.25, 0.3) is 0 Å². The molecular weight excluding hydrogens is 345 g/mol. The molecule has 20 heavy (non-hydrogen) atoms. The van der Waals surface area contributed by atoms with E-state index in [0.717, 1.165) is 13.1 Å². The topological polar surface area (TPSA) is 49.6 Å². The van der Waals surface area contributed by atoms with Crippen molar-refractivity contribution >= 4 is 39.0 Å². The van der Waals surface area contributed by atoms with Gasteiger partial charge in [0.2, 0.25) is 0 Å².